The summed E-state index contributed by atoms with van der Waals surface area (Å²) in [4.78, 5) is 13.8. The predicted octanol–water partition coefficient (Wildman–Crippen LogP) is 5.28. The van der Waals surface area contributed by atoms with Gasteiger partial charge in [-0.1, -0.05) is 30.0 Å². The zero-order valence-electron chi connectivity index (χ0n) is 12.1. The van der Waals surface area contributed by atoms with Crippen LogP contribution in [0.3, 0.4) is 0 Å². The molecule has 0 heterocycles. The molecule has 0 radical (unpaired) electrons. The maximum absolute atomic E-state index is 12.6. The number of hydrogen-bond donors (Lipinski definition) is 1. The summed E-state index contributed by atoms with van der Waals surface area (Å²) in [6.45, 7) is 1.85. The molecule has 0 aromatic heterocycles. The van der Waals surface area contributed by atoms with Gasteiger partial charge in [0.1, 0.15) is 0 Å². The van der Waals surface area contributed by atoms with Crippen molar-refractivity contribution in [2.45, 2.75) is 22.5 Å². The third-order valence-corrected chi connectivity index (χ3v) is 4.55. The molecule has 2 aromatic carbocycles. The summed E-state index contributed by atoms with van der Waals surface area (Å²) in [6, 6.07) is 12.2. The molecule has 0 spiro atoms. The van der Waals surface area contributed by atoms with Gasteiger partial charge in [-0.05, 0) is 43.0 Å². The summed E-state index contributed by atoms with van der Waals surface area (Å²) in [6.07, 6.45) is 1.93. The van der Waals surface area contributed by atoms with Gasteiger partial charge in [-0.3, -0.25) is 4.79 Å². The van der Waals surface area contributed by atoms with Gasteiger partial charge in [-0.2, -0.15) is 8.78 Å². The lowest BCUT2D eigenvalue weighted by Gasteiger charge is -2.12. The summed E-state index contributed by atoms with van der Waals surface area (Å²) in [5.74, 6) is -2.82. The SMILES string of the molecule is CSc1ccc(C)c(C(=O)Nc2ccccc2SC(F)F)c1. The first-order chi connectivity index (χ1) is 10.5. The second-order valence-electron chi connectivity index (χ2n) is 4.51. The number of amides is 1. The van der Waals surface area contributed by atoms with E-state index in [1.54, 1.807) is 42.1 Å². The molecule has 6 heteroatoms. The van der Waals surface area contributed by atoms with E-state index in [-0.39, 0.29) is 5.91 Å². The number of carbonyl (C=O) groups excluding carboxylic acids is 1. The first-order valence-corrected chi connectivity index (χ1v) is 8.61. The lowest BCUT2D eigenvalue weighted by atomic mass is 10.1. The Labute approximate surface area is 136 Å². The smallest absolute Gasteiger partial charge is 0.288 e. The Morgan fingerprint density at radius 2 is 1.91 bits per heavy atom. The van der Waals surface area contributed by atoms with E-state index in [4.69, 9.17) is 0 Å². The van der Waals surface area contributed by atoms with Crippen molar-refractivity contribution in [3.8, 4) is 0 Å². The Hall–Kier alpha value is -1.53. The van der Waals surface area contributed by atoms with Gasteiger partial charge in [-0.15, -0.1) is 11.8 Å². The summed E-state index contributed by atoms with van der Waals surface area (Å²) in [5, 5.41) is 2.72. The normalized spacial score (nSPS) is 10.8. The van der Waals surface area contributed by atoms with Crippen LogP contribution in [0.25, 0.3) is 0 Å². The van der Waals surface area contributed by atoms with Gasteiger partial charge >= 0.3 is 0 Å². The average molecular weight is 339 g/mol. The molecule has 22 heavy (non-hydrogen) atoms. The number of benzene rings is 2. The maximum atomic E-state index is 12.6. The van der Waals surface area contributed by atoms with Gasteiger partial charge in [0, 0.05) is 15.4 Å². The van der Waals surface area contributed by atoms with Crippen molar-refractivity contribution < 1.29 is 13.6 Å². The van der Waals surface area contributed by atoms with E-state index in [0.29, 0.717) is 27.9 Å². The molecule has 0 saturated heterocycles. The van der Waals surface area contributed by atoms with E-state index >= 15 is 0 Å². The quantitative estimate of drug-likeness (QED) is 0.751. The van der Waals surface area contributed by atoms with E-state index in [9.17, 15) is 13.6 Å². The molecule has 1 N–H and O–H groups in total. The number of rotatable bonds is 5. The van der Waals surface area contributed by atoms with Crippen molar-refractivity contribution in [2.75, 3.05) is 11.6 Å². The van der Waals surface area contributed by atoms with Crippen LogP contribution >= 0.6 is 23.5 Å². The zero-order chi connectivity index (χ0) is 16.1. The number of para-hydroxylation sites is 1. The molecule has 0 bridgehead atoms. The van der Waals surface area contributed by atoms with Gasteiger partial charge in [-0.25, -0.2) is 0 Å². The number of halogens is 2. The predicted molar refractivity (Wildman–Crippen MR) is 89.2 cm³/mol. The van der Waals surface area contributed by atoms with E-state index in [1.165, 1.54) is 0 Å². The molecule has 0 aliphatic heterocycles. The molecular formula is C16H15F2NOS2. The molecule has 2 aromatic rings. The lowest BCUT2D eigenvalue weighted by Crippen LogP contribution is -2.14. The highest BCUT2D eigenvalue weighted by atomic mass is 32.2. The van der Waals surface area contributed by atoms with Crippen molar-refractivity contribution >= 4 is 35.1 Å². The number of anilines is 1. The van der Waals surface area contributed by atoms with Gasteiger partial charge in [0.15, 0.2) is 0 Å². The minimum Gasteiger partial charge on any atom is -0.321 e. The minimum absolute atomic E-state index is 0.296. The third kappa shape index (κ3) is 4.24. The van der Waals surface area contributed by atoms with Crippen LogP contribution in [0.5, 0.6) is 0 Å². The first kappa shape index (κ1) is 16.8. The van der Waals surface area contributed by atoms with Crippen molar-refractivity contribution in [1.29, 1.82) is 0 Å². The summed E-state index contributed by atoms with van der Waals surface area (Å²) in [5.41, 5.74) is 1.78. The molecular weight excluding hydrogens is 324 g/mol. The Morgan fingerprint density at radius 3 is 2.59 bits per heavy atom. The van der Waals surface area contributed by atoms with E-state index in [1.807, 2.05) is 25.3 Å². The highest BCUT2D eigenvalue weighted by Crippen LogP contribution is 2.32. The second-order valence-corrected chi connectivity index (χ2v) is 6.42. The number of aryl methyl sites for hydroxylation is 1. The maximum Gasteiger partial charge on any atom is 0.288 e. The van der Waals surface area contributed by atoms with Gasteiger partial charge in [0.05, 0.1) is 5.69 Å². The fraction of sp³-hybridized carbons (Fsp3) is 0.188. The van der Waals surface area contributed by atoms with Gasteiger partial charge < -0.3 is 5.32 Å². The number of carbonyl (C=O) groups is 1. The van der Waals surface area contributed by atoms with Crippen LogP contribution in [0.4, 0.5) is 14.5 Å². The Morgan fingerprint density at radius 1 is 1.18 bits per heavy atom. The molecule has 2 rings (SSSR count). The summed E-state index contributed by atoms with van der Waals surface area (Å²) in [7, 11) is 0. The largest absolute Gasteiger partial charge is 0.321 e. The standard InChI is InChI=1S/C16H15F2NOS2/c1-10-7-8-11(21-2)9-12(10)15(20)19-13-5-3-4-6-14(13)22-16(17)18/h3-9,16H,1-2H3,(H,19,20). The van der Waals surface area contributed by atoms with Gasteiger partial charge in [0.2, 0.25) is 0 Å². The van der Waals surface area contributed by atoms with Crippen LogP contribution in [0.2, 0.25) is 0 Å². The number of hydrogen-bond acceptors (Lipinski definition) is 3. The molecule has 2 nitrogen and oxygen atoms in total. The van der Waals surface area contributed by atoms with E-state index in [0.717, 1.165) is 10.5 Å². The third-order valence-electron chi connectivity index (χ3n) is 3.04. The van der Waals surface area contributed by atoms with Gasteiger partial charge in [0.25, 0.3) is 11.7 Å². The molecule has 1 amide bonds. The molecule has 0 unspecified atom stereocenters. The molecule has 0 atom stereocenters. The summed E-state index contributed by atoms with van der Waals surface area (Å²) < 4.78 is 25.1. The summed E-state index contributed by atoms with van der Waals surface area (Å²) >= 11 is 1.97. The van der Waals surface area contributed by atoms with Crippen LogP contribution in [0.15, 0.2) is 52.3 Å². The molecule has 116 valence electrons. The van der Waals surface area contributed by atoms with Crippen LogP contribution in [-0.4, -0.2) is 17.9 Å². The number of alkyl halides is 2. The topological polar surface area (TPSA) is 29.1 Å². The average Bonchev–Trinajstić information content (AvgIpc) is 2.49. The minimum atomic E-state index is -2.53. The fourth-order valence-corrected chi connectivity index (χ4v) is 2.97. The fourth-order valence-electron chi connectivity index (χ4n) is 1.93. The van der Waals surface area contributed by atoms with E-state index < -0.39 is 5.76 Å². The van der Waals surface area contributed by atoms with Crippen molar-refractivity contribution in [3.05, 3.63) is 53.6 Å². The van der Waals surface area contributed by atoms with Crippen molar-refractivity contribution in [1.82, 2.24) is 0 Å². The van der Waals surface area contributed by atoms with Crippen LogP contribution in [0.1, 0.15) is 15.9 Å². The highest BCUT2D eigenvalue weighted by molar-refractivity contribution is 7.99. The van der Waals surface area contributed by atoms with E-state index in [2.05, 4.69) is 5.32 Å². The van der Waals surface area contributed by atoms with Crippen LogP contribution in [0, 0.1) is 6.92 Å². The number of thioether (sulfide) groups is 2. The van der Waals surface area contributed by atoms with Crippen molar-refractivity contribution in [2.24, 2.45) is 0 Å². The Balaban J connectivity index is 2.26. The first-order valence-electron chi connectivity index (χ1n) is 6.51. The molecule has 0 saturated carbocycles. The number of nitrogens with one attached hydrogen (secondary N) is 1. The highest BCUT2D eigenvalue weighted by Gasteiger charge is 2.14. The van der Waals surface area contributed by atoms with Crippen LogP contribution < -0.4 is 5.32 Å². The lowest BCUT2D eigenvalue weighted by molar-refractivity contribution is 0.102. The molecule has 0 aliphatic carbocycles. The monoisotopic (exact) mass is 339 g/mol. The second kappa shape index (κ2) is 7.65. The Bertz CT molecular complexity index is 677. The van der Waals surface area contributed by atoms with Crippen molar-refractivity contribution in [3.63, 3.8) is 0 Å². The molecule has 0 fully saturated rings. The zero-order valence-corrected chi connectivity index (χ0v) is 13.7. The Kier molecular flexibility index (Phi) is 5.85. The van der Waals surface area contributed by atoms with Crippen LogP contribution in [-0.2, 0) is 0 Å². The molecule has 0 aliphatic rings.